The Hall–Kier alpha value is -1.98. The number of fused-ring (bicyclic) bond motifs is 1. The van der Waals surface area contributed by atoms with Gasteiger partial charge in [-0.15, -0.1) is 0 Å². The van der Waals surface area contributed by atoms with E-state index in [1.165, 1.54) is 0 Å². The van der Waals surface area contributed by atoms with Crippen LogP contribution in [0.3, 0.4) is 0 Å². The van der Waals surface area contributed by atoms with Gasteiger partial charge in [-0.3, -0.25) is 4.79 Å². The van der Waals surface area contributed by atoms with Crippen LogP contribution < -0.4 is 10.2 Å². The monoisotopic (exact) mass is 254 g/mol. The molecular weight excluding hydrogens is 242 g/mol. The molecule has 96 valence electrons. The fourth-order valence-corrected chi connectivity index (χ4v) is 1.65. The molecule has 1 N–H and O–H groups in total. The molecule has 1 heterocycles. The van der Waals surface area contributed by atoms with Crippen molar-refractivity contribution in [2.75, 3.05) is 6.61 Å². The highest BCUT2D eigenvalue weighted by molar-refractivity contribution is 6.04. The average Bonchev–Trinajstić information content (AvgIpc) is 2.35. The lowest BCUT2D eigenvalue weighted by atomic mass is 10.0. The average molecular weight is 254 g/mol. The molecule has 1 amide bonds. The summed E-state index contributed by atoms with van der Waals surface area (Å²) in [6.07, 6.45) is 0.644. The van der Waals surface area contributed by atoms with Crippen LogP contribution in [0, 0.1) is 11.6 Å². The molecule has 0 spiro atoms. The predicted octanol–water partition coefficient (Wildman–Crippen LogP) is 1.98. The van der Waals surface area contributed by atoms with Crippen LogP contribution in [0.1, 0.15) is 25.3 Å². The number of benzene rings is 1. The molecule has 2 rings (SSSR count). The van der Waals surface area contributed by atoms with Gasteiger partial charge in [0.1, 0.15) is 17.4 Å². The molecule has 0 atom stereocenters. The van der Waals surface area contributed by atoms with Crippen LogP contribution in [-0.2, 0) is 4.79 Å². The van der Waals surface area contributed by atoms with E-state index in [0.717, 1.165) is 12.1 Å². The van der Waals surface area contributed by atoms with E-state index < -0.39 is 11.6 Å². The third-order valence-electron chi connectivity index (χ3n) is 2.54. The summed E-state index contributed by atoms with van der Waals surface area (Å²) in [5.41, 5.74) is 2.79. The summed E-state index contributed by atoms with van der Waals surface area (Å²) in [5, 5.41) is 3.86. The highest BCUT2D eigenvalue weighted by atomic mass is 19.1. The number of nitrogens with zero attached hydrogens (tertiary/aromatic N) is 1. The number of halogens is 2. The zero-order valence-electron chi connectivity index (χ0n) is 9.80. The smallest absolute Gasteiger partial charge is 0.239 e. The van der Waals surface area contributed by atoms with Crippen LogP contribution in [-0.4, -0.2) is 18.2 Å². The number of amides is 1. The van der Waals surface area contributed by atoms with Crippen molar-refractivity contribution in [3.63, 3.8) is 0 Å². The number of carbonyl (C=O) groups excluding carboxylic acids is 1. The second-order valence-corrected chi connectivity index (χ2v) is 3.81. The van der Waals surface area contributed by atoms with E-state index in [9.17, 15) is 13.6 Å². The lowest BCUT2D eigenvalue weighted by Crippen LogP contribution is -2.24. The molecule has 1 aromatic carbocycles. The fourth-order valence-electron chi connectivity index (χ4n) is 1.65. The van der Waals surface area contributed by atoms with Gasteiger partial charge in [-0.25, -0.2) is 14.2 Å². The molecule has 0 saturated carbocycles. The Morgan fingerprint density at radius 1 is 1.50 bits per heavy atom. The van der Waals surface area contributed by atoms with Crippen molar-refractivity contribution in [1.29, 1.82) is 0 Å². The highest BCUT2D eigenvalue weighted by Gasteiger charge is 2.22. The zero-order chi connectivity index (χ0) is 13.1. The van der Waals surface area contributed by atoms with Gasteiger partial charge in [-0.1, -0.05) is 6.92 Å². The molecule has 1 aromatic rings. The van der Waals surface area contributed by atoms with Gasteiger partial charge in [-0.05, 0) is 0 Å². The number of hydrogen-bond donors (Lipinski definition) is 1. The summed E-state index contributed by atoms with van der Waals surface area (Å²) in [7, 11) is 0. The molecule has 0 fully saturated rings. The Bertz CT molecular complexity index is 515. The molecular formula is C12H12F2N2O2. The lowest BCUT2D eigenvalue weighted by molar-refractivity contribution is -0.120. The Balaban J connectivity index is 2.36. The fraction of sp³-hybridized carbons (Fsp3) is 0.333. The molecule has 0 aliphatic carbocycles. The largest absolute Gasteiger partial charge is 0.492 e. The molecule has 6 heteroatoms. The van der Waals surface area contributed by atoms with Crippen molar-refractivity contribution in [1.82, 2.24) is 5.43 Å². The van der Waals surface area contributed by atoms with Gasteiger partial charge in [0.15, 0.2) is 0 Å². The normalized spacial score (nSPS) is 16.1. The summed E-state index contributed by atoms with van der Waals surface area (Å²) < 4.78 is 31.9. The van der Waals surface area contributed by atoms with E-state index in [4.69, 9.17) is 4.74 Å². The third-order valence-corrected chi connectivity index (χ3v) is 2.54. The first-order chi connectivity index (χ1) is 8.61. The molecule has 0 aromatic heterocycles. The summed E-state index contributed by atoms with van der Waals surface area (Å²) in [6, 6.07) is 1.87. The molecule has 4 nitrogen and oxygen atoms in total. The predicted molar refractivity (Wildman–Crippen MR) is 61.4 cm³/mol. The molecule has 18 heavy (non-hydrogen) atoms. The van der Waals surface area contributed by atoms with Gasteiger partial charge in [0.25, 0.3) is 0 Å². The number of rotatable bonds is 2. The topological polar surface area (TPSA) is 50.7 Å². The van der Waals surface area contributed by atoms with Crippen molar-refractivity contribution in [3.8, 4) is 5.75 Å². The van der Waals surface area contributed by atoms with Gasteiger partial charge in [0.05, 0.1) is 17.9 Å². The minimum atomic E-state index is -0.741. The molecule has 0 radical (unpaired) electrons. The quantitative estimate of drug-likeness (QED) is 0.820. The first-order valence-corrected chi connectivity index (χ1v) is 5.59. The maximum absolute atomic E-state index is 13.7. The van der Waals surface area contributed by atoms with Crippen LogP contribution in [0.2, 0.25) is 0 Å². The molecule has 1 aliphatic heterocycles. The number of hydrazone groups is 1. The van der Waals surface area contributed by atoms with Crippen LogP contribution in [0.5, 0.6) is 5.75 Å². The van der Waals surface area contributed by atoms with Crippen molar-refractivity contribution in [2.45, 2.75) is 19.8 Å². The second kappa shape index (κ2) is 5.12. The molecule has 0 saturated heterocycles. The highest BCUT2D eigenvalue weighted by Crippen LogP contribution is 2.28. The molecule has 1 aliphatic rings. The van der Waals surface area contributed by atoms with E-state index in [1.54, 1.807) is 6.92 Å². The summed E-state index contributed by atoms with van der Waals surface area (Å²) in [5.74, 6) is -1.60. The van der Waals surface area contributed by atoms with Crippen molar-refractivity contribution in [2.24, 2.45) is 5.10 Å². The van der Waals surface area contributed by atoms with Crippen LogP contribution in [0.4, 0.5) is 8.78 Å². The van der Waals surface area contributed by atoms with Crippen LogP contribution in [0.15, 0.2) is 17.2 Å². The lowest BCUT2D eigenvalue weighted by Gasteiger charge is -2.19. The number of hydrogen-bond acceptors (Lipinski definition) is 3. The van der Waals surface area contributed by atoms with E-state index in [1.807, 2.05) is 0 Å². The standard InChI is InChI=1S/C12H12F2N2O2/c1-2-11(17)16-15-9-3-4-18-10-6-7(13)5-8(14)12(9)10/h5-6H,2-4H2,1H3,(H,16,17)/b15-9-. The van der Waals surface area contributed by atoms with Gasteiger partial charge in [0, 0.05) is 25.0 Å². The maximum Gasteiger partial charge on any atom is 0.239 e. The second-order valence-electron chi connectivity index (χ2n) is 3.81. The Kier molecular flexibility index (Phi) is 3.55. The van der Waals surface area contributed by atoms with Gasteiger partial charge in [-0.2, -0.15) is 5.10 Å². The minimum Gasteiger partial charge on any atom is -0.492 e. The first-order valence-electron chi connectivity index (χ1n) is 5.59. The molecule has 0 unspecified atom stereocenters. The first kappa shape index (κ1) is 12.5. The summed E-state index contributed by atoms with van der Waals surface area (Å²) >= 11 is 0. The minimum absolute atomic E-state index is 0.110. The third kappa shape index (κ3) is 2.47. The number of nitrogens with one attached hydrogen (secondary N) is 1. The van der Waals surface area contributed by atoms with Gasteiger partial charge >= 0.3 is 0 Å². The zero-order valence-corrected chi connectivity index (χ0v) is 9.80. The van der Waals surface area contributed by atoms with Gasteiger partial charge in [0.2, 0.25) is 5.91 Å². The van der Waals surface area contributed by atoms with E-state index >= 15 is 0 Å². The van der Waals surface area contributed by atoms with Crippen molar-refractivity contribution < 1.29 is 18.3 Å². The van der Waals surface area contributed by atoms with Gasteiger partial charge < -0.3 is 4.74 Å². The van der Waals surface area contributed by atoms with Crippen LogP contribution in [0.25, 0.3) is 0 Å². The maximum atomic E-state index is 13.7. The summed E-state index contributed by atoms with van der Waals surface area (Å²) in [4.78, 5) is 11.1. The SMILES string of the molecule is CCC(=O)N/N=C1/CCOc2cc(F)cc(F)c21. The van der Waals surface area contributed by atoms with Crippen molar-refractivity contribution in [3.05, 3.63) is 29.3 Å². The van der Waals surface area contributed by atoms with Crippen molar-refractivity contribution >= 4 is 11.6 Å². The Morgan fingerprint density at radius 3 is 3.00 bits per heavy atom. The Morgan fingerprint density at radius 2 is 2.28 bits per heavy atom. The summed E-state index contributed by atoms with van der Waals surface area (Å²) in [6.45, 7) is 1.96. The Labute approximate surface area is 103 Å². The number of ether oxygens (including phenoxy) is 1. The van der Waals surface area contributed by atoms with E-state index in [0.29, 0.717) is 12.1 Å². The molecule has 0 bridgehead atoms. The number of carbonyl (C=O) groups is 1. The van der Waals surface area contributed by atoms with Crippen LogP contribution >= 0.6 is 0 Å². The van der Waals surface area contributed by atoms with E-state index in [2.05, 4.69) is 10.5 Å². The van der Waals surface area contributed by atoms with E-state index in [-0.39, 0.29) is 30.2 Å².